The molecule has 0 saturated heterocycles. The van der Waals surface area contributed by atoms with Gasteiger partial charge >= 0.3 is 0 Å². The van der Waals surface area contributed by atoms with Crippen molar-refractivity contribution in [1.82, 2.24) is 4.90 Å². The van der Waals surface area contributed by atoms with Gasteiger partial charge < -0.3 is 9.64 Å². The molecule has 0 fully saturated rings. The van der Waals surface area contributed by atoms with Gasteiger partial charge in [0.15, 0.2) is 0 Å². The number of hydrogen-bond donors (Lipinski definition) is 0. The Labute approximate surface area is 118 Å². The van der Waals surface area contributed by atoms with Gasteiger partial charge in [-0.2, -0.15) is 5.26 Å². The quantitative estimate of drug-likeness (QED) is 0.856. The number of ether oxygens (including phenoxy) is 1. The Bertz CT molecular complexity index is 674. The summed E-state index contributed by atoms with van der Waals surface area (Å²) in [6.07, 6.45) is -0.0821. The average Bonchev–Trinajstić information content (AvgIpc) is 2.46. The number of carbonyl (C=O) groups excluding carboxylic acids is 1. The molecule has 2 aromatic carbocycles. The minimum Gasteiger partial charge on any atom is -0.497 e. The first-order valence-electron chi connectivity index (χ1n) is 6.31. The lowest BCUT2D eigenvalue weighted by Gasteiger charge is -2.16. The van der Waals surface area contributed by atoms with Gasteiger partial charge in [0.2, 0.25) is 5.91 Å². The highest BCUT2D eigenvalue weighted by Gasteiger charge is 2.08. The van der Waals surface area contributed by atoms with Crippen LogP contribution in [0.5, 0.6) is 5.75 Å². The Hall–Kier alpha value is -2.54. The third kappa shape index (κ3) is 3.07. The van der Waals surface area contributed by atoms with Gasteiger partial charge in [-0.1, -0.05) is 18.2 Å². The van der Waals surface area contributed by atoms with Gasteiger partial charge in [0.25, 0.3) is 0 Å². The molecule has 2 rings (SSSR count). The fourth-order valence-corrected chi connectivity index (χ4v) is 2.06. The zero-order valence-corrected chi connectivity index (χ0v) is 11.6. The molecule has 4 heteroatoms. The molecule has 0 aliphatic carbocycles. The predicted octanol–water partition coefficient (Wildman–Crippen LogP) is 2.72. The van der Waals surface area contributed by atoms with E-state index in [9.17, 15) is 4.79 Å². The van der Waals surface area contributed by atoms with Crippen molar-refractivity contribution in [3.05, 3.63) is 42.0 Å². The normalized spacial score (nSPS) is 10.1. The summed E-state index contributed by atoms with van der Waals surface area (Å²) in [6.45, 7) is 0.502. The summed E-state index contributed by atoms with van der Waals surface area (Å²) < 4.78 is 5.19. The Morgan fingerprint density at radius 2 is 1.95 bits per heavy atom. The lowest BCUT2D eigenvalue weighted by molar-refractivity contribution is -0.129. The third-order valence-corrected chi connectivity index (χ3v) is 3.19. The molecule has 102 valence electrons. The number of carbonyl (C=O) groups is 1. The Kier molecular flexibility index (Phi) is 4.21. The number of rotatable bonds is 4. The highest BCUT2D eigenvalue weighted by atomic mass is 16.5. The smallest absolute Gasteiger partial charge is 0.236 e. The average molecular weight is 268 g/mol. The molecule has 0 bridgehead atoms. The molecule has 4 nitrogen and oxygen atoms in total. The van der Waals surface area contributed by atoms with Gasteiger partial charge in [0, 0.05) is 13.6 Å². The van der Waals surface area contributed by atoms with Crippen LogP contribution in [0.3, 0.4) is 0 Å². The monoisotopic (exact) mass is 268 g/mol. The van der Waals surface area contributed by atoms with E-state index in [0.29, 0.717) is 6.54 Å². The van der Waals surface area contributed by atoms with Crippen LogP contribution in [-0.4, -0.2) is 25.0 Å². The Morgan fingerprint density at radius 1 is 1.25 bits per heavy atom. The van der Waals surface area contributed by atoms with E-state index in [4.69, 9.17) is 10.00 Å². The minimum absolute atomic E-state index is 0.0821. The van der Waals surface area contributed by atoms with E-state index >= 15 is 0 Å². The number of hydrogen-bond acceptors (Lipinski definition) is 3. The second kappa shape index (κ2) is 6.07. The molecule has 0 unspecified atom stereocenters. The van der Waals surface area contributed by atoms with Crippen LogP contribution in [0.1, 0.15) is 12.0 Å². The second-order valence-corrected chi connectivity index (χ2v) is 4.63. The highest BCUT2D eigenvalue weighted by molar-refractivity contribution is 5.84. The number of amides is 1. The predicted molar refractivity (Wildman–Crippen MR) is 77.2 cm³/mol. The topological polar surface area (TPSA) is 53.3 Å². The van der Waals surface area contributed by atoms with Crippen LogP contribution in [0.15, 0.2) is 36.4 Å². The molecule has 0 aromatic heterocycles. The van der Waals surface area contributed by atoms with Gasteiger partial charge in [-0.05, 0) is 34.5 Å². The fourth-order valence-electron chi connectivity index (χ4n) is 2.06. The van der Waals surface area contributed by atoms with E-state index < -0.39 is 0 Å². The highest BCUT2D eigenvalue weighted by Crippen LogP contribution is 2.22. The van der Waals surface area contributed by atoms with Gasteiger partial charge in [0.05, 0.1) is 13.2 Å². The standard InChI is InChI=1S/C16H16N2O2/c1-18(16(19)7-8-17)11-12-3-4-14-10-15(20-2)6-5-13(14)9-12/h3-6,9-10H,7,11H2,1-2H3. The molecule has 1 amide bonds. The van der Waals surface area contributed by atoms with Crippen LogP contribution in [0.25, 0.3) is 10.8 Å². The first-order chi connectivity index (χ1) is 9.63. The molecule has 0 saturated carbocycles. The SMILES string of the molecule is COc1ccc2cc(CN(C)C(=O)CC#N)ccc2c1. The summed E-state index contributed by atoms with van der Waals surface area (Å²) in [4.78, 5) is 13.1. The molecule has 20 heavy (non-hydrogen) atoms. The van der Waals surface area contributed by atoms with Crippen molar-refractivity contribution in [2.45, 2.75) is 13.0 Å². The number of nitrogens with zero attached hydrogens (tertiary/aromatic N) is 2. The fraction of sp³-hybridized carbons (Fsp3) is 0.250. The van der Waals surface area contributed by atoms with Crippen molar-refractivity contribution in [3.8, 4) is 11.8 Å². The van der Waals surface area contributed by atoms with Crippen LogP contribution >= 0.6 is 0 Å². The lowest BCUT2D eigenvalue weighted by atomic mass is 10.1. The van der Waals surface area contributed by atoms with Gasteiger partial charge in [0.1, 0.15) is 12.2 Å². The van der Waals surface area contributed by atoms with Gasteiger partial charge in [-0.3, -0.25) is 4.79 Å². The second-order valence-electron chi connectivity index (χ2n) is 4.63. The number of fused-ring (bicyclic) bond motifs is 1. The molecule has 2 aromatic rings. The van der Waals surface area contributed by atoms with Gasteiger partial charge in [-0.25, -0.2) is 0 Å². The molecule has 0 aliphatic rings. The van der Waals surface area contributed by atoms with Crippen molar-refractivity contribution in [1.29, 1.82) is 5.26 Å². The van der Waals surface area contributed by atoms with E-state index in [1.54, 1.807) is 19.1 Å². The molecule has 0 aliphatic heterocycles. The van der Waals surface area contributed by atoms with Crippen molar-refractivity contribution in [2.24, 2.45) is 0 Å². The number of nitriles is 1. The molecular formula is C16H16N2O2. The first kappa shape index (κ1) is 13.9. The van der Waals surface area contributed by atoms with Gasteiger partial charge in [-0.15, -0.1) is 0 Å². The molecule has 0 atom stereocenters. The van der Waals surface area contributed by atoms with Crippen molar-refractivity contribution in [3.63, 3.8) is 0 Å². The lowest BCUT2D eigenvalue weighted by Crippen LogP contribution is -2.25. The van der Waals surface area contributed by atoms with Crippen LogP contribution in [0.2, 0.25) is 0 Å². The Morgan fingerprint density at radius 3 is 2.65 bits per heavy atom. The summed E-state index contributed by atoms with van der Waals surface area (Å²) in [5.41, 5.74) is 1.04. The first-order valence-corrected chi connectivity index (χ1v) is 6.31. The molecule has 0 N–H and O–H groups in total. The molecular weight excluding hydrogens is 252 g/mol. The van der Waals surface area contributed by atoms with E-state index in [0.717, 1.165) is 22.1 Å². The molecule has 0 spiro atoms. The zero-order chi connectivity index (χ0) is 14.5. The minimum atomic E-state index is -0.165. The third-order valence-electron chi connectivity index (χ3n) is 3.19. The maximum atomic E-state index is 11.6. The van der Waals surface area contributed by atoms with Crippen molar-refractivity contribution >= 4 is 16.7 Å². The Balaban J connectivity index is 2.20. The van der Waals surface area contributed by atoms with E-state index in [2.05, 4.69) is 0 Å². The maximum absolute atomic E-state index is 11.6. The number of methoxy groups -OCH3 is 1. The van der Waals surface area contributed by atoms with E-state index in [1.807, 2.05) is 42.5 Å². The zero-order valence-electron chi connectivity index (χ0n) is 11.6. The molecule has 0 radical (unpaired) electrons. The van der Waals surface area contributed by atoms with E-state index in [1.165, 1.54) is 0 Å². The largest absolute Gasteiger partial charge is 0.497 e. The molecule has 0 heterocycles. The van der Waals surface area contributed by atoms with Crippen LogP contribution < -0.4 is 4.74 Å². The van der Waals surface area contributed by atoms with Crippen molar-refractivity contribution in [2.75, 3.05) is 14.2 Å². The summed E-state index contributed by atoms with van der Waals surface area (Å²) in [6, 6.07) is 13.8. The summed E-state index contributed by atoms with van der Waals surface area (Å²) in [5, 5.41) is 10.7. The summed E-state index contributed by atoms with van der Waals surface area (Å²) in [7, 11) is 3.35. The van der Waals surface area contributed by atoms with Crippen LogP contribution in [0.4, 0.5) is 0 Å². The maximum Gasteiger partial charge on any atom is 0.236 e. The van der Waals surface area contributed by atoms with Crippen molar-refractivity contribution < 1.29 is 9.53 Å². The summed E-state index contributed by atoms with van der Waals surface area (Å²) >= 11 is 0. The summed E-state index contributed by atoms with van der Waals surface area (Å²) in [5.74, 6) is 0.661. The van der Waals surface area contributed by atoms with Crippen LogP contribution in [-0.2, 0) is 11.3 Å². The van der Waals surface area contributed by atoms with Crippen LogP contribution in [0, 0.1) is 11.3 Å². The van der Waals surface area contributed by atoms with E-state index in [-0.39, 0.29) is 12.3 Å². The number of benzene rings is 2.